The zero-order chi connectivity index (χ0) is 13.0. The largest absolute Gasteiger partial charge is 0.368 e. The van der Waals surface area contributed by atoms with Gasteiger partial charge in [-0.15, -0.1) is 0 Å². The minimum Gasteiger partial charge on any atom is -0.368 e. The van der Waals surface area contributed by atoms with Crippen molar-refractivity contribution in [2.75, 3.05) is 31.1 Å². The molecule has 0 radical (unpaired) electrons. The number of rotatable bonds is 3. The molecular formula is C14H19ClN2O. The second kappa shape index (κ2) is 6.10. The van der Waals surface area contributed by atoms with Gasteiger partial charge in [-0.1, -0.05) is 24.6 Å². The molecule has 0 aromatic heterocycles. The monoisotopic (exact) mass is 266 g/mol. The third-order valence-corrected chi connectivity index (χ3v) is 3.50. The molecule has 0 aliphatic carbocycles. The highest BCUT2D eigenvalue weighted by atomic mass is 35.5. The number of halogens is 1. The van der Waals surface area contributed by atoms with Crippen molar-refractivity contribution >= 4 is 23.2 Å². The van der Waals surface area contributed by atoms with E-state index in [0.717, 1.165) is 43.3 Å². The SMILES string of the molecule is CCCC(=O)N1CCN(c2cccc(Cl)c2)CC1. The lowest BCUT2D eigenvalue weighted by Gasteiger charge is -2.36. The first kappa shape index (κ1) is 13.2. The summed E-state index contributed by atoms with van der Waals surface area (Å²) in [5.41, 5.74) is 1.14. The highest BCUT2D eigenvalue weighted by Gasteiger charge is 2.20. The van der Waals surface area contributed by atoms with Gasteiger partial charge in [-0.05, 0) is 24.6 Å². The molecule has 1 fully saturated rings. The van der Waals surface area contributed by atoms with Crippen LogP contribution in [0, 0.1) is 0 Å². The van der Waals surface area contributed by atoms with Gasteiger partial charge in [0.2, 0.25) is 5.91 Å². The van der Waals surface area contributed by atoms with Crippen molar-refractivity contribution in [2.45, 2.75) is 19.8 Å². The Morgan fingerprint density at radius 3 is 2.61 bits per heavy atom. The number of nitrogens with zero attached hydrogens (tertiary/aromatic N) is 2. The van der Waals surface area contributed by atoms with Crippen LogP contribution in [0.4, 0.5) is 5.69 Å². The molecule has 0 spiro atoms. The molecule has 3 nitrogen and oxygen atoms in total. The van der Waals surface area contributed by atoms with Crippen molar-refractivity contribution in [3.05, 3.63) is 29.3 Å². The number of hydrogen-bond acceptors (Lipinski definition) is 2. The van der Waals surface area contributed by atoms with Crippen molar-refractivity contribution in [3.8, 4) is 0 Å². The lowest BCUT2D eigenvalue weighted by molar-refractivity contribution is -0.131. The molecule has 0 atom stereocenters. The van der Waals surface area contributed by atoms with Gasteiger partial charge in [-0.2, -0.15) is 0 Å². The van der Waals surface area contributed by atoms with E-state index in [-0.39, 0.29) is 5.91 Å². The van der Waals surface area contributed by atoms with Crippen molar-refractivity contribution in [1.29, 1.82) is 0 Å². The normalized spacial score (nSPS) is 15.9. The molecule has 4 heteroatoms. The standard InChI is InChI=1S/C14H19ClN2O/c1-2-4-14(18)17-9-7-16(8-10-17)13-6-3-5-12(15)11-13/h3,5-6,11H,2,4,7-10H2,1H3. The number of benzene rings is 1. The predicted molar refractivity (Wildman–Crippen MR) is 75.2 cm³/mol. The number of carbonyl (C=O) groups excluding carboxylic acids is 1. The van der Waals surface area contributed by atoms with Crippen LogP contribution >= 0.6 is 11.6 Å². The Bertz CT molecular complexity index is 414. The van der Waals surface area contributed by atoms with E-state index in [4.69, 9.17) is 11.6 Å². The van der Waals surface area contributed by atoms with Gasteiger partial charge in [-0.25, -0.2) is 0 Å². The van der Waals surface area contributed by atoms with E-state index in [1.54, 1.807) is 0 Å². The van der Waals surface area contributed by atoms with E-state index in [9.17, 15) is 4.79 Å². The zero-order valence-corrected chi connectivity index (χ0v) is 11.5. The average Bonchev–Trinajstić information content (AvgIpc) is 2.39. The minimum absolute atomic E-state index is 0.281. The van der Waals surface area contributed by atoms with Gasteiger partial charge in [0.05, 0.1) is 0 Å². The van der Waals surface area contributed by atoms with Crippen molar-refractivity contribution < 1.29 is 4.79 Å². The molecule has 1 aliphatic rings. The molecule has 2 rings (SSSR count). The second-order valence-electron chi connectivity index (χ2n) is 4.60. The highest BCUT2D eigenvalue weighted by molar-refractivity contribution is 6.30. The van der Waals surface area contributed by atoms with Crippen LogP contribution < -0.4 is 4.90 Å². The van der Waals surface area contributed by atoms with E-state index in [0.29, 0.717) is 6.42 Å². The summed E-state index contributed by atoms with van der Waals surface area (Å²) < 4.78 is 0. The van der Waals surface area contributed by atoms with Crippen molar-refractivity contribution in [3.63, 3.8) is 0 Å². The van der Waals surface area contributed by atoms with Crippen molar-refractivity contribution in [2.24, 2.45) is 0 Å². The summed E-state index contributed by atoms with van der Waals surface area (Å²) in [5.74, 6) is 0.281. The minimum atomic E-state index is 0.281. The van der Waals surface area contributed by atoms with Crippen molar-refractivity contribution in [1.82, 2.24) is 4.90 Å². The maximum atomic E-state index is 11.8. The van der Waals surface area contributed by atoms with Crippen LogP contribution in [0.2, 0.25) is 5.02 Å². The van der Waals surface area contributed by atoms with Gasteiger partial charge < -0.3 is 9.80 Å². The Morgan fingerprint density at radius 2 is 2.00 bits per heavy atom. The molecule has 0 N–H and O–H groups in total. The number of carbonyl (C=O) groups is 1. The van der Waals surface area contributed by atoms with Gasteiger partial charge >= 0.3 is 0 Å². The molecule has 98 valence electrons. The van der Waals surface area contributed by atoms with E-state index >= 15 is 0 Å². The predicted octanol–water partition coefficient (Wildman–Crippen LogP) is 2.79. The molecule has 0 unspecified atom stereocenters. The van der Waals surface area contributed by atoms with E-state index in [2.05, 4.69) is 11.0 Å². The Kier molecular flexibility index (Phi) is 4.48. The van der Waals surface area contributed by atoms with Crippen LogP contribution in [-0.2, 0) is 4.79 Å². The van der Waals surface area contributed by atoms with Gasteiger partial charge in [-0.3, -0.25) is 4.79 Å². The van der Waals surface area contributed by atoms with Gasteiger partial charge in [0.15, 0.2) is 0 Å². The highest BCUT2D eigenvalue weighted by Crippen LogP contribution is 2.20. The lowest BCUT2D eigenvalue weighted by Crippen LogP contribution is -2.48. The fourth-order valence-electron chi connectivity index (χ4n) is 2.26. The van der Waals surface area contributed by atoms with Crippen LogP contribution in [0.5, 0.6) is 0 Å². The van der Waals surface area contributed by atoms with Crippen LogP contribution in [0.3, 0.4) is 0 Å². The van der Waals surface area contributed by atoms with Crippen LogP contribution in [-0.4, -0.2) is 37.0 Å². The Labute approximate surface area is 113 Å². The summed E-state index contributed by atoms with van der Waals surface area (Å²) in [6.07, 6.45) is 1.59. The number of amides is 1. The van der Waals surface area contributed by atoms with Crippen LogP contribution in [0.1, 0.15) is 19.8 Å². The Hall–Kier alpha value is -1.22. The molecule has 1 saturated heterocycles. The molecule has 18 heavy (non-hydrogen) atoms. The van der Waals surface area contributed by atoms with Gasteiger partial charge in [0, 0.05) is 43.3 Å². The second-order valence-corrected chi connectivity index (χ2v) is 5.03. The molecule has 1 amide bonds. The Morgan fingerprint density at radius 1 is 1.28 bits per heavy atom. The van der Waals surface area contributed by atoms with Gasteiger partial charge in [0.25, 0.3) is 0 Å². The Balaban J connectivity index is 1.92. The first-order valence-corrected chi connectivity index (χ1v) is 6.87. The summed E-state index contributed by atoms with van der Waals surface area (Å²) in [6.45, 7) is 5.43. The van der Waals surface area contributed by atoms with Crippen LogP contribution in [0.15, 0.2) is 24.3 Å². The molecule has 1 aromatic rings. The quantitative estimate of drug-likeness (QED) is 0.840. The third kappa shape index (κ3) is 3.16. The molecule has 1 aromatic carbocycles. The molecule has 1 heterocycles. The van der Waals surface area contributed by atoms with E-state index in [1.807, 2.05) is 30.0 Å². The topological polar surface area (TPSA) is 23.6 Å². The maximum absolute atomic E-state index is 11.8. The molecule has 0 bridgehead atoms. The summed E-state index contributed by atoms with van der Waals surface area (Å²) >= 11 is 5.99. The first-order chi connectivity index (χ1) is 8.70. The number of anilines is 1. The third-order valence-electron chi connectivity index (χ3n) is 3.27. The van der Waals surface area contributed by atoms with Crippen LogP contribution in [0.25, 0.3) is 0 Å². The number of piperazine rings is 1. The summed E-state index contributed by atoms with van der Waals surface area (Å²) in [5, 5.41) is 0.761. The molecule has 1 aliphatic heterocycles. The molecule has 0 saturated carbocycles. The zero-order valence-electron chi connectivity index (χ0n) is 10.7. The average molecular weight is 267 g/mol. The lowest BCUT2D eigenvalue weighted by atomic mass is 10.2. The number of hydrogen-bond donors (Lipinski definition) is 0. The van der Waals surface area contributed by atoms with E-state index in [1.165, 1.54) is 0 Å². The summed E-state index contributed by atoms with van der Waals surface area (Å²) in [7, 11) is 0. The molecular weight excluding hydrogens is 248 g/mol. The first-order valence-electron chi connectivity index (χ1n) is 6.49. The van der Waals surface area contributed by atoms with Gasteiger partial charge in [0.1, 0.15) is 0 Å². The fraction of sp³-hybridized carbons (Fsp3) is 0.500. The summed E-state index contributed by atoms with van der Waals surface area (Å²) in [6, 6.07) is 7.89. The van der Waals surface area contributed by atoms with E-state index < -0.39 is 0 Å². The smallest absolute Gasteiger partial charge is 0.222 e. The fourth-order valence-corrected chi connectivity index (χ4v) is 2.44. The summed E-state index contributed by atoms with van der Waals surface area (Å²) in [4.78, 5) is 16.0. The maximum Gasteiger partial charge on any atom is 0.222 e.